The topological polar surface area (TPSA) is 60.8 Å². The third-order valence-corrected chi connectivity index (χ3v) is 6.98. The van der Waals surface area contributed by atoms with Crippen molar-refractivity contribution in [2.45, 2.75) is 71.9 Å². The number of ether oxygens (including phenoxy) is 2. The van der Waals surface area contributed by atoms with Crippen LogP contribution in [0.25, 0.3) is 10.9 Å². The maximum Gasteiger partial charge on any atom is 0.419 e. The minimum atomic E-state index is -0.559. The maximum atomic E-state index is 13.4. The summed E-state index contributed by atoms with van der Waals surface area (Å²) < 4.78 is 13.0. The van der Waals surface area contributed by atoms with E-state index in [2.05, 4.69) is 17.9 Å². The van der Waals surface area contributed by atoms with Gasteiger partial charge >= 0.3 is 12.1 Å². The first kappa shape index (κ1) is 22.8. The van der Waals surface area contributed by atoms with E-state index in [1.807, 2.05) is 43.5 Å². The second-order valence-corrected chi connectivity index (χ2v) is 10.3. The number of carbonyl (C=O) groups is 2. The van der Waals surface area contributed by atoms with Crippen molar-refractivity contribution in [2.24, 2.45) is 11.8 Å². The molecule has 0 spiro atoms. The zero-order chi connectivity index (χ0) is 23.0. The van der Waals surface area contributed by atoms with E-state index in [4.69, 9.17) is 9.47 Å². The highest BCUT2D eigenvalue weighted by atomic mass is 16.6. The van der Waals surface area contributed by atoms with Crippen molar-refractivity contribution in [3.8, 4) is 0 Å². The van der Waals surface area contributed by atoms with Gasteiger partial charge in [-0.25, -0.2) is 9.36 Å². The summed E-state index contributed by atoms with van der Waals surface area (Å²) in [5.74, 6) is 0.805. The summed E-state index contributed by atoms with van der Waals surface area (Å²) in [6, 6.07) is 8.36. The smallest absolute Gasteiger partial charge is 0.419 e. The molecular formula is C26H36N2O4. The SMILES string of the molecule is CC[C@@H]1CN2CCc3c(n(C(=O)OC(C)(C)C)c4ccccc34)[C@H]2C[C@@H]1CCOC(C)=O. The summed E-state index contributed by atoms with van der Waals surface area (Å²) in [6.45, 7) is 11.9. The van der Waals surface area contributed by atoms with E-state index < -0.39 is 5.60 Å². The lowest BCUT2D eigenvalue weighted by atomic mass is 9.76. The van der Waals surface area contributed by atoms with Crippen molar-refractivity contribution in [3.63, 3.8) is 0 Å². The van der Waals surface area contributed by atoms with Crippen LogP contribution in [0.5, 0.6) is 0 Å². The van der Waals surface area contributed by atoms with Crippen LogP contribution in [-0.4, -0.2) is 46.8 Å². The van der Waals surface area contributed by atoms with Gasteiger partial charge in [-0.05, 0) is 63.5 Å². The molecule has 3 heterocycles. The molecule has 3 atom stereocenters. The van der Waals surface area contributed by atoms with Gasteiger partial charge in [0, 0.05) is 25.4 Å². The number of nitrogens with zero attached hydrogens (tertiary/aromatic N) is 2. The Morgan fingerprint density at radius 3 is 2.59 bits per heavy atom. The van der Waals surface area contributed by atoms with Crippen molar-refractivity contribution in [3.05, 3.63) is 35.5 Å². The van der Waals surface area contributed by atoms with E-state index >= 15 is 0 Å². The molecule has 1 aromatic carbocycles. The van der Waals surface area contributed by atoms with Gasteiger partial charge in [-0.3, -0.25) is 9.69 Å². The molecule has 2 aliphatic heterocycles. The summed E-state index contributed by atoms with van der Waals surface area (Å²) in [5, 5.41) is 1.15. The lowest BCUT2D eigenvalue weighted by Gasteiger charge is -2.46. The van der Waals surface area contributed by atoms with E-state index in [0.717, 1.165) is 55.4 Å². The lowest BCUT2D eigenvalue weighted by molar-refractivity contribution is -0.141. The van der Waals surface area contributed by atoms with Crippen LogP contribution in [0.1, 0.15) is 71.2 Å². The van der Waals surface area contributed by atoms with Gasteiger partial charge in [0.25, 0.3) is 0 Å². The zero-order valence-electron chi connectivity index (χ0n) is 20.0. The minimum Gasteiger partial charge on any atom is -0.466 e. The molecule has 1 saturated heterocycles. The molecule has 0 bridgehead atoms. The van der Waals surface area contributed by atoms with Crippen LogP contribution in [-0.2, 0) is 20.7 Å². The molecule has 0 radical (unpaired) electrons. The fraction of sp³-hybridized carbons (Fsp3) is 0.615. The number of carbonyl (C=O) groups excluding carboxylic acids is 2. The van der Waals surface area contributed by atoms with Gasteiger partial charge in [0.05, 0.1) is 23.9 Å². The molecule has 4 rings (SSSR count). The van der Waals surface area contributed by atoms with Crippen molar-refractivity contribution < 1.29 is 19.1 Å². The van der Waals surface area contributed by atoms with Gasteiger partial charge in [-0.1, -0.05) is 31.5 Å². The number of para-hydroxylation sites is 1. The Morgan fingerprint density at radius 2 is 1.91 bits per heavy atom. The number of esters is 1. The minimum absolute atomic E-state index is 0.170. The Morgan fingerprint density at radius 1 is 1.16 bits per heavy atom. The normalized spacial score (nSPS) is 23.5. The Balaban J connectivity index is 1.73. The monoisotopic (exact) mass is 440 g/mol. The van der Waals surface area contributed by atoms with Crippen LogP contribution < -0.4 is 0 Å². The number of rotatable bonds is 4. The van der Waals surface area contributed by atoms with Crippen molar-refractivity contribution in [1.29, 1.82) is 0 Å². The third kappa shape index (κ3) is 4.42. The summed E-state index contributed by atoms with van der Waals surface area (Å²) in [7, 11) is 0. The number of fused-ring (bicyclic) bond motifs is 5. The van der Waals surface area contributed by atoms with Gasteiger partial charge in [-0.2, -0.15) is 0 Å². The van der Waals surface area contributed by atoms with E-state index in [-0.39, 0.29) is 18.1 Å². The van der Waals surface area contributed by atoms with E-state index in [0.29, 0.717) is 18.4 Å². The second kappa shape index (κ2) is 8.89. The quantitative estimate of drug-likeness (QED) is 0.602. The Labute approximate surface area is 190 Å². The summed E-state index contributed by atoms with van der Waals surface area (Å²) in [5.41, 5.74) is 2.75. The molecule has 1 aromatic heterocycles. The van der Waals surface area contributed by atoms with Crippen LogP contribution in [0.2, 0.25) is 0 Å². The van der Waals surface area contributed by atoms with Crippen LogP contribution >= 0.6 is 0 Å². The molecule has 0 unspecified atom stereocenters. The first-order valence-corrected chi connectivity index (χ1v) is 11.9. The molecule has 0 saturated carbocycles. The molecule has 2 aromatic rings. The molecule has 2 aliphatic rings. The number of benzene rings is 1. The molecule has 0 amide bonds. The van der Waals surface area contributed by atoms with Gasteiger partial charge in [0.15, 0.2) is 0 Å². The second-order valence-electron chi connectivity index (χ2n) is 10.3. The Bertz CT molecular complexity index is 1000. The molecule has 6 nitrogen and oxygen atoms in total. The first-order chi connectivity index (χ1) is 15.2. The van der Waals surface area contributed by atoms with Crippen molar-refractivity contribution >= 4 is 23.0 Å². The van der Waals surface area contributed by atoms with Crippen molar-refractivity contribution in [1.82, 2.24) is 9.47 Å². The Kier molecular flexibility index (Phi) is 6.35. The van der Waals surface area contributed by atoms with E-state index in [1.165, 1.54) is 12.5 Å². The van der Waals surface area contributed by atoms with E-state index in [9.17, 15) is 9.59 Å². The molecule has 174 valence electrons. The van der Waals surface area contributed by atoms with E-state index in [1.54, 1.807) is 0 Å². The van der Waals surface area contributed by atoms with Crippen LogP contribution in [0, 0.1) is 11.8 Å². The Hall–Kier alpha value is -2.34. The zero-order valence-corrected chi connectivity index (χ0v) is 20.0. The average Bonchev–Trinajstić information content (AvgIpc) is 3.06. The first-order valence-electron chi connectivity index (χ1n) is 11.9. The van der Waals surface area contributed by atoms with Crippen LogP contribution in [0.4, 0.5) is 4.79 Å². The number of hydrogen-bond acceptors (Lipinski definition) is 5. The summed E-state index contributed by atoms with van der Waals surface area (Å²) >= 11 is 0. The highest BCUT2D eigenvalue weighted by Gasteiger charge is 2.42. The summed E-state index contributed by atoms with van der Waals surface area (Å²) in [6.07, 6.45) is 3.58. The molecule has 0 N–H and O–H groups in total. The largest absolute Gasteiger partial charge is 0.466 e. The average molecular weight is 441 g/mol. The van der Waals surface area contributed by atoms with Crippen LogP contribution in [0.3, 0.4) is 0 Å². The predicted molar refractivity (Wildman–Crippen MR) is 125 cm³/mol. The fourth-order valence-corrected chi connectivity index (χ4v) is 5.61. The molecule has 1 fully saturated rings. The third-order valence-electron chi connectivity index (χ3n) is 6.98. The highest BCUT2D eigenvalue weighted by molar-refractivity contribution is 5.94. The van der Waals surface area contributed by atoms with Crippen LogP contribution in [0.15, 0.2) is 24.3 Å². The van der Waals surface area contributed by atoms with Gasteiger partial charge < -0.3 is 9.47 Å². The number of piperidine rings is 1. The standard InChI is InChI=1S/C26H36N2O4/c1-6-18-16-27-13-11-21-20-9-7-8-10-22(20)28(25(30)32-26(3,4)5)24(21)23(27)15-19(18)12-14-31-17(2)29/h7-10,18-19,23H,6,11-16H2,1-5H3/t18-,19+,23-/m1/s1. The molecule has 32 heavy (non-hydrogen) atoms. The number of aromatic nitrogens is 1. The molecule has 0 aliphatic carbocycles. The lowest BCUT2D eigenvalue weighted by Crippen LogP contribution is -2.47. The maximum absolute atomic E-state index is 13.4. The summed E-state index contributed by atoms with van der Waals surface area (Å²) in [4.78, 5) is 27.2. The van der Waals surface area contributed by atoms with Gasteiger partial charge in [-0.15, -0.1) is 0 Å². The van der Waals surface area contributed by atoms with Gasteiger partial charge in [0.2, 0.25) is 0 Å². The molecule has 6 heteroatoms. The van der Waals surface area contributed by atoms with Crippen molar-refractivity contribution in [2.75, 3.05) is 19.7 Å². The number of hydrogen-bond donors (Lipinski definition) is 0. The fourth-order valence-electron chi connectivity index (χ4n) is 5.61. The van der Waals surface area contributed by atoms with Gasteiger partial charge in [0.1, 0.15) is 5.60 Å². The molecular weight excluding hydrogens is 404 g/mol. The predicted octanol–water partition coefficient (Wildman–Crippen LogP) is 5.32. The highest BCUT2D eigenvalue weighted by Crippen LogP contribution is 2.46.